The maximum absolute atomic E-state index is 12.1. The predicted molar refractivity (Wildman–Crippen MR) is 81.6 cm³/mol. The van der Waals surface area contributed by atoms with Crippen LogP contribution in [0.25, 0.3) is 0 Å². The molecule has 5 nitrogen and oxygen atoms in total. The van der Waals surface area contributed by atoms with Crippen molar-refractivity contribution in [3.8, 4) is 0 Å². The highest BCUT2D eigenvalue weighted by Crippen LogP contribution is 2.22. The maximum Gasteiger partial charge on any atom is 0.242 e. The minimum absolute atomic E-state index is 0.0760. The van der Waals surface area contributed by atoms with Crippen molar-refractivity contribution in [2.75, 3.05) is 23.9 Å². The molecular weight excluding hydrogens is 306 g/mol. The van der Waals surface area contributed by atoms with Gasteiger partial charge in [-0.1, -0.05) is 11.6 Å². The molecule has 0 saturated heterocycles. The quantitative estimate of drug-likeness (QED) is 0.805. The minimum Gasteiger partial charge on any atom is -0.369 e. The van der Waals surface area contributed by atoms with Gasteiger partial charge in [-0.3, -0.25) is 0 Å². The SMILES string of the molecule is CCNc1ncc(S(=O)(=O)NC(C)CSC)cc1Cl. The number of nitrogens with zero attached hydrogens (tertiary/aromatic N) is 1. The van der Waals surface area contributed by atoms with Crippen LogP contribution in [0.3, 0.4) is 0 Å². The number of aromatic nitrogens is 1. The molecule has 1 aromatic rings. The Balaban J connectivity index is 2.93. The molecule has 0 saturated carbocycles. The van der Waals surface area contributed by atoms with Gasteiger partial charge in [0, 0.05) is 24.5 Å². The van der Waals surface area contributed by atoms with Crippen LogP contribution >= 0.6 is 23.4 Å². The first-order chi connectivity index (χ1) is 8.90. The summed E-state index contributed by atoms with van der Waals surface area (Å²) in [4.78, 5) is 4.10. The van der Waals surface area contributed by atoms with Gasteiger partial charge in [-0.2, -0.15) is 11.8 Å². The zero-order valence-corrected chi connectivity index (χ0v) is 13.5. The molecule has 0 amide bonds. The van der Waals surface area contributed by atoms with Gasteiger partial charge < -0.3 is 5.32 Å². The number of hydrogen-bond donors (Lipinski definition) is 2. The third kappa shape index (κ3) is 4.83. The largest absolute Gasteiger partial charge is 0.369 e. The van der Waals surface area contributed by atoms with E-state index >= 15 is 0 Å². The molecule has 8 heteroatoms. The molecule has 0 aromatic carbocycles. The van der Waals surface area contributed by atoms with E-state index in [9.17, 15) is 8.42 Å². The number of sulfonamides is 1. The van der Waals surface area contributed by atoms with E-state index in [0.29, 0.717) is 23.1 Å². The van der Waals surface area contributed by atoms with Crippen molar-refractivity contribution < 1.29 is 8.42 Å². The molecule has 1 unspecified atom stereocenters. The zero-order valence-electron chi connectivity index (χ0n) is 11.1. The van der Waals surface area contributed by atoms with Crippen molar-refractivity contribution in [2.24, 2.45) is 0 Å². The van der Waals surface area contributed by atoms with Gasteiger partial charge in [-0.15, -0.1) is 0 Å². The highest BCUT2D eigenvalue weighted by Gasteiger charge is 2.19. The predicted octanol–water partition coefficient (Wildman–Crippen LogP) is 2.20. The first kappa shape index (κ1) is 16.6. The van der Waals surface area contributed by atoms with Crippen LogP contribution in [0.2, 0.25) is 5.02 Å². The second-order valence-corrected chi connectivity index (χ2v) is 7.04. The topological polar surface area (TPSA) is 71.1 Å². The third-order valence-corrected chi connectivity index (χ3v) is 4.92. The molecule has 1 aromatic heterocycles. The molecule has 0 aliphatic carbocycles. The lowest BCUT2D eigenvalue weighted by molar-refractivity contribution is 0.570. The first-order valence-corrected chi connectivity index (χ1v) is 9.07. The Morgan fingerprint density at radius 2 is 2.21 bits per heavy atom. The average Bonchev–Trinajstić information content (AvgIpc) is 2.31. The number of thioether (sulfide) groups is 1. The summed E-state index contributed by atoms with van der Waals surface area (Å²) in [6.45, 7) is 4.40. The summed E-state index contributed by atoms with van der Waals surface area (Å²) < 4.78 is 26.8. The van der Waals surface area contributed by atoms with E-state index in [4.69, 9.17) is 11.6 Å². The summed E-state index contributed by atoms with van der Waals surface area (Å²) in [7, 11) is -3.57. The van der Waals surface area contributed by atoms with Crippen molar-refractivity contribution in [1.82, 2.24) is 9.71 Å². The molecule has 1 heterocycles. The van der Waals surface area contributed by atoms with E-state index in [1.54, 1.807) is 11.8 Å². The smallest absolute Gasteiger partial charge is 0.242 e. The monoisotopic (exact) mass is 323 g/mol. The standard InChI is InChI=1S/C11H18ClN3O2S2/c1-4-13-11-10(12)5-9(6-14-11)19(16,17)15-8(2)7-18-3/h5-6,8,15H,4,7H2,1-3H3,(H,13,14). The molecule has 2 N–H and O–H groups in total. The summed E-state index contributed by atoms with van der Waals surface area (Å²) in [5.74, 6) is 1.19. The Labute approximate surface area is 123 Å². The Bertz CT molecular complexity index is 523. The Hall–Kier alpha value is -0.500. The van der Waals surface area contributed by atoms with Crippen molar-refractivity contribution in [3.63, 3.8) is 0 Å². The molecular formula is C11H18ClN3O2S2. The van der Waals surface area contributed by atoms with Crippen molar-refractivity contribution in [1.29, 1.82) is 0 Å². The van der Waals surface area contributed by atoms with Gasteiger partial charge in [0.05, 0.1) is 5.02 Å². The summed E-state index contributed by atoms with van der Waals surface area (Å²) >= 11 is 7.57. The number of pyridine rings is 1. The lowest BCUT2D eigenvalue weighted by Gasteiger charge is -2.13. The fraction of sp³-hybridized carbons (Fsp3) is 0.545. The highest BCUT2D eigenvalue weighted by molar-refractivity contribution is 7.98. The van der Waals surface area contributed by atoms with E-state index in [1.807, 2.05) is 20.1 Å². The first-order valence-electron chi connectivity index (χ1n) is 5.81. The molecule has 0 aliphatic heterocycles. The summed E-state index contributed by atoms with van der Waals surface area (Å²) in [6, 6.07) is 1.26. The third-order valence-electron chi connectivity index (χ3n) is 2.24. The summed E-state index contributed by atoms with van der Waals surface area (Å²) in [5, 5.41) is 3.25. The lowest BCUT2D eigenvalue weighted by Crippen LogP contribution is -2.34. The van der Waals surface area contributed by atoms with E-state index in [1.165, 1.54) is 12.3 Å². The van der Waals surface area contributed by atoms with Crippen molar-refractivity contribution >= 4 is 39.2 Å². The average molecular weight is 324 g/mol. The zero-order chi connectivity index (χ0) is 14.5. The van der Waals surface area contributed by atoms with Crippen LogP contribution in [0.4, 0.5) is 5.82 Å². The molecule has 19 heavy (non-hydrogen) atoms. The number of rotatable bonds is 7. The van der Waals surface area contributed by atoms with Gasteiger partial charge in [-0.05, 0) is 26.2 Å². The van der Waals surface area contributed by atoms with E-state index in [2.05, 4.69) is 15.0 Å². The van der Waals surface area contributed by atoms with Crippen LogP contribution < -0.4 is 10.0 Å². The van der Waals surface area contributed by atoms with Crippen LogP contribution in [0.1, 0.15) is 13.8 Å². The van der Waals surface area contributed by atoms with E-state index in [0.717, 1.165) is 0 Å². The van der Waals surface area contributed by atoms with Crippen LogP contribution in [0, 0.1) is 0 Å². The number of anilines is 1. The number of halogens is 1. The van der Waals surface area contributed by atoms with Crippen LogP contribution in [-0.4, -0.2) is 38.0 Å². The van der Waals surface area contributed by atoms with Gasteiger partial charge in [0.1, 0.15) is 10.7 Å². The highest BCUT2D eigenvalue weighted by atomic mass is 35.5. The van der Waals surface area contributed by atoms with Crippen LogP contribution in [0.5, 0.6) is 0 Å². The number of hydrogen-bond acceptors (Lipinski definition) is 5. The molecule has 0 fully saturated rings. The molecule has 0 spiro atoms. The maximum atomic E-state index is 12.1. The minimum atomic E-state index is -3.57. The lowest BCUT2D eigenvalue weighted by atomic mass is 10.4. The Morgan fingerprint density at radius 3 is 2.74 bits per heavy atom. The molecule has 0 aliphatic rings. The molecule has 0 bridgehead atoms. The van der Waals surface area contributed by atoms with Crippen LogP contribution in [-0.2, 0) is 10.0 Å². The van der Waals surface area contributed by atoms with Gasteiger partial charge in [0.15, 0.2) is 0 Å². The fourth-order valence-electron chi connectivity index (χ4n) is 1.48. The Kier molecular flexibility index (Phi) is 6.38. The molecule has 0 radical (unpaired) electrons. The Morgan fingerprint density at radius 1 is 1.53 bits per heavy atom. The normalized spacial score (nSPS) is 13.3. The van der Waals surface area contributed by atoms with Crippen molar-refractivity contribution in [3.05, 3.63) is 17.3 Å². The van der Waals surface area contributed by atoms with Gasteiger partial charge in [0.2, 0.25) is 10.0 Å². The van der Waals surface area contributed by atoms with E-state index in [-0.39, 0.29) is 10.9 Å². The fourth-order valence-corrected chi connectivity index (χ4v) is 3.68. The van der Waals surface area contributed by atoms with Gasteiger partial charge in [0.25, 0.3) is 0 Å². The van der Waals surface area contributed by atoms with Crippen molar-refractivity contribution in [2.45, 2.75) is 24.8 Å². The van der Waals surface area contributed by atoms with Gasteiger partial charge in [-0.25, -0.2) is 18.1 Å². The number of nitrogens with one attached hydrogen (secondary N) is 2. The summed E-state index contributed by atoms with van der Waals surface area (Å²) in [6.07, 6.45) is 3.23. The molecule has 108 valence electrons. The van der Waals surface area contributed by atoms with Gasteiger partial charge >= 0.3 is 0 Å². The second-order valence-electron chi connectivity index (χ2n) is 4.01. The second kappa shape index (κ2) is 7.33. The van der Waals surface area contributed by atoms with E-state index < -0.39 is 10.0 Å². The molecule has 1 rings (SSSR count). The van der Waals surface area contributed by atoms with Crippen LogP contribution in [0.15, 0.2) is 17.2 Å². The molecule has 1 atom stereocenters. The summed E-state index contributed by atoms with van der Waals surface area (Å²) in [5.41, 5.74) is 0.